The van der Waals surface area contributed by atoms with Crippen molar-refractivity contribution in [3.05, 3.63) is 94.0 Å². The molecular weight excluding hydrogens is 418 g/mol. The molecule has 0 bridgehead atoms. The van der Waals surface area contributed by atoms with E-state index in [1.165, 1.54) is 54.6 Å². The molecule has 10 nitrogen and oxygen atoms in total. The molecule has 3 aromatic carbocycles. The van der Waals surface area contributed by atoms with Gasteiger partial charge in [0, 0.05) is 11.8 Å². The third-order valence-electron chi connectivity index (χ3n) is 4.26. The number of ether oxygens (including phenoxy) is 1. The van der Waals surface area contributed by atoms with E-state index in [0.29, 0.717) is 5.69 Å². The second kappa shape index (κ2) is 9.85. The number of nitro benzene ring substituents is 1. The van der Waals surface area contributed by atoms with E-state index >= 15 is 0 Å². The fraction of sp³-hybridized carbons (Fsp3) is 0.0455. The van der Waals surface area contributed by atoms with E-state index in [9.17, 15) is 24.5 Å². The van der Waals surface area contributed by atoms with Crippen LogP contribution in [-0.4, -0.2) is 34.4 Å². The molecule has 0 fully saturated rings. The van der Waals surface area contributed by atoms with Gasteiger partial charge in [-0.3, -0.25) is 19.7 Å². The molecule has 0 atom stereocenters. The van der Waals surface area contributed by atoms with Crippen LogP contribution in [0.3, 0.4) is 0 Å². The average Bonchev–Trinajstić information content (AvgIpc) is 2.78. The van der Waals surface area contributed by atoms with Crippen molar-refractivity contribution in [2.75, 3.05) is 17.2 Å². The van der Waals surface area contributed by atoms with Gasteiger partial charge in [-0.1, -0.05) is 24.3 Å². The standard InChI is InChI=1S/C22H17N3O7/c26-20(13-32-19-8-4-3-7-18(19)25(30)31)24-17-6-2-1-5-16(17)21(27)23-15-11-9-14(10-12-15)22(28)29/h1-12H,13H2,(H,23,27)(H,24,26)(H,28,29). The number of benzene rings is 3. The molecule has 0 aliphatic heterocycles. The van der Waals surface area contributed by atoms with E-state index in [4.69, 9.17) is 9.84 Å². The van der Waals surface area contributed by atoms with Crippen molar-refractivity contribution in [1.82, 2.24) is 0 Å². The summed E-state index contributed by atoms with van der Waals surface area (Å²) in [5.41, 5.74) is 0.557. The summed E-state index contributed by atoms with van der Waals surface area (Å²) >= 11 is 0. The molecule has 0 saturated heterocycles. The number of para-hydroxylation sites is 3. The van der Waals surface area contributed by atoms with E-state index in [1.54, 1.807) is 18.2 Å². The van der Waals surface area contributed by atoms with Crippen LogP contribution in [0.1, 0.15) is 20.7 Å². The molecule has 0 saturated carbocycles. The first kappa shape index (κ1) is 22.0. The van der Waals surface area contributed by atoms with Crippen molar-refractivity contribution in [1.29, 1.82) is 0 Å². The first-order valence-electron chi connectivity index (χ1n) is 9.25. The molecule has 3 rings (SSSR count). The number of carboxylic acids is 1. The first-order valence-corrected chi connectivity index (χ1v) is 9.25. The smallest absolute Gasteiger partial charge is 0.335 e. The largest absolute Gasteiger partial charge is 0.478 e. The van der Waals surface area contributed by atoms with Crippen molar-refractivity contribution >= 4 is 34.8 Å². The number of hydrogen-bond donors (Lipinski definition) is 3. The lowest BCUT2D eigenvalue weighted by Gasteiger charge is -2.12. The maximum absolute atomic E-state index is 12.6. The number of nitrogens with zero attached hydrogens (tertiary/aromatic N) is 1. The summed E-state index contributed by atoms with van der Waals surface area (Å²) < 4.78 is 5.26. The number of anilines is 2. The quantitative estimate of drug-likeness (QED) is 0.362. The molecule has 0 aliphatic carbocycles. The normalized spacial score (nSPS) is 10.1. The van der Waals surface area contributed by atoms with E-state index in [-0.39, 0.29) is 28.3 Å². The number of carbonyl (C=O) groups excluding carboxylic acids is 2. The third kappa shape index (κ3) is 5.45. The highest BCUT2D eigenvalue weighted by Crippen LogP contribution is 2.26. The Kier molecular flexibility index (Phi) is 6.76. The second-order valence-corrected chi connectivity index (χ2v) is 6.44. The Balaban J connectivity index is 1.67. The van der Waals surface area contributed by atoms with Gasteiger partial charge in [0.05, 0.1) is 21.7 Å². The molecule has 10 heteroatoms. The molecule has 0 unspecified atom stereocenters. The van der Waals surface area contributed by atoms with Crippen LogP contribution in [0.25, 0.3) is 0 Å². The molecule has 0 spiro atoms. The van der Waals surface area contributed by atoms with Crippen LogP contribution in [0, 0.1) is 10.1 Å². The summed E-state index contributed by atoms with van der Waals surface area (Å²) in [7, 11) is 0. The lowest BCUT2D eigenvalue weighted by atomic mass is 10.1. The lowest BCUT2D eigenvalue weighted by Crippen LogP contribution is -2.23. The van der Waals surface area contributed by atoms with Crippen LogP contribution < -0.4 is 15.4 Å². The first-order chi connectivity index (χ1) is 15.3. The molecule has 0 heterocycles. The van der Waals surface area contributed by atoms with Crippen LogP contribution in [0.5, 0.6) is 5.75 Å². The van der Waals surface area contributed by atoms with Gasteiger partial charge >= 0.3 is 11.7 Å². The minimum Gasteiger partial charge on any atom is -0.478 e. The molecule has 162 valence electrons. The summed E-state index contributed by atoms with van der Waals surface area (Å²) in [6.45, 7) is -0.503. The van der Waals surface area contributed by atoms with Crippen LogP contribution in [0.15, 0.2) is 72.8 Å². The third-order valence-corrected chi connectivity index (χ3v) is 4.26. The maximum Gasteiger partial charge on any atom is 0.335 e. The minimum atomic E-state index is -1.08. The zero-order valence-corrected chi connectivity index (χ0v) is 16.5. The van der Waals surface area contributed by atoms with E-state index < -0.39 is 29.3 Å². The number of carbonyl (C=O) groups is 3. The van der Waals surface area contributed by atoms with Gasteiger partial charge in [0.2, 0.25) is 0 Å². The zero-order valence-electron chi connectivity index (χ0n) is 16.5. The van der Waals surface area contributed by atoms with Crippen molar-refractivity contribution in [3.63, 3.8) is 0 Å². The van der Waals surface area contributed by atoms with Gasteiger partial charge in [-0.15, -0.1) is 0 Å². The number of carboxylic acid groups (broad SMARTS) is 1. The Morgan fingerprint density at radius 3 is 2.25 bits per heavy atom. The Labute approximate surface area is 181 Å². The fourth-order valence-corrected chi connectivity index (χ4v) is 2.74. The van der Waals surface area contributed by atoms with Gasteiger partial charge in [-0.25, -0.2) is 4.79 Å². The highest BCUT2D eigenvalue weighted by Gasteiger charge is 2.17. The van der Waals surface area contributed by atoms with E-state index in [1.807, 2.05) is 0 Å². The van der Waals surface area contributed by atoms with Crippen LogP contribution >= 0.6 is 0 Å². The Morgan fingerprint density at radius 1 is 0.906 bits per heavy atom. The number of hydrogen-bond acceptors (Lipinski definition) is 6. The Bertz CT molecular complexity index is 1180. The number of nitro groups is 1. The van der Waals surface area contributed by atoms with Gasteiger partial charge < -0.3 is 20.5 Å². The number of aromatic carboxylic acids is 1. The van der Waals surface area contributed by atoms with Crippen molar-refractivity contribution in [2.24, 2.45) is 0 Å². The molecule has 32 heavy (non-hydrogen) atoms. The zero-order chi connectivity index (χ0) is 23.1. The summed E-state index contributed by atoms with van der Waals surface area (Å²) in [6, 6.07) is 17.5. The summed E-state index contributed by atoms with van der Waals surface area (Å²) in [6.07, 6.45) is 0. The van der Waals surface area contributed by atoms with Gasteiger partial charge in [0.15, 0.2) is 12.4 Å². The summed E-state index contributed by atoms with van der Waals surface area (Å²) in [4.78, 5) is 46.3. The Hall–Kier alpha value is -4.73. The highest BCUT2D eigenvalue weighted by atomic mass is 16.6. The average molecular weight is 435 g/mol. The monoisotopic (exact) mass is 435 g/mol. The van der Waals surface area contributed by atoms with Crippen molar-refractivity contribution in [3.8, 4) is 5.75 Å². The predicted molar refractivity (Wildman–Crippen MR) is 115 cm³/mol. The van der Waals surface area contributed by atoms with Gasteiger partial charge in [0.1, 0.15) is 0 Å². The number of amides is 2. The summed E-state index contributed by atoms with van der Waals surface area (Å²) in [5.74, 6) is -2.28. The van der Waals surface area contributed by atoms with E-state index in [2.05, 4.69) is 10.6 Å². The van der Waals surface area contributed by atoms with Crippen molar-refractivity contribution in [2.45, 2.75) is 0 Å². The second-order valence-electron chi connectivity index (χ2n) is 6.44. The minimum absolute atomic E-state index is 0.0523. The molecule has 3 aromatic rings. The maximum atomic E-state index is 12.6. The molecule has 2 amide bonds. The molecular formula is C22H17N3O7. The van der Waals surface area contributed by atoms with Crippen molar-refractivity contribution < 1.29 is 29.2 Å². The molecule has 0 radical (unpaired) electrons. The van der Waals surface area contributed by atoms with Gasteiger partial charge in [-0.2, -0.15) is 0 Å². The fourth-order valence-electron chi connectivity index (χ4n) is 2.74. The Morgan fingerprint density at radius 2 is 1.56 bits per heavy atom. The van der Waals surface area contributed by atoms with E-state index in [0.717, 1.165) is 0 Å². The van der Waals surface area contributed by atoms with Gasteiger partial charge in [0.25, 0.3) is 11.8 Å². The lowest BCUT2D eigenvalue weighted by molar-refractivity contribution is -0.385. The summed E-state index contributed by atoms with van der Waals surface area (Å²) in [5, 5.41) is 25.1. The molecule has 0 aromatic heterocycles. The van der Waals surface area contributed by atoms with Crippen LogP contribution in [0.4, 0.5) is 17.1 Å². The highest BCUT2D eigenvalue weighted by molar-refractivity contribution is 6.10. The van der Waals surface area contributed by atoms with Crippen LogP contribution in [-0.2, 0) is 4.79 Å². The number of rotatable bonds is 8. The number of nitrogens with one attached hydrogen (secondary N) is 2. The van der Waals surface area contributed by atoms with Gasteiger partial charge in [-0.05, 0) is 42.5 Å². The molecule has 3 N–H and O–H groups in total. The topological polar surface area (TPSA) is 148 Å². The van der Waals surface area contributed by atoms with Crippen LogP contribution in [0.2, 0.25) is 0 Å². The SMILES string of the molecule is O=C(COc1ccccc1[N+](=O)[O-])Nc1ccccc1C(=O)Nc1ccc(C(=O)O)cc1. The predicted octanol–water partition coefficient (Wildman–Crippen LogP) is 3.56. The molecule has 0 aliphatic rings.